The van der Waals surface area contributed by atoms with Crippen LogP contribution in [0.25, 0.3) is 0 Å². The highest BCUT2D eigenvalue weighted by atomic mass is 16.7. The molecule has 0 spiro atoms. The van der Waals surface area contributed by atoms with Crippen LogP contribution in [0.15, 0.2) is 12.2 Å². The highest BCUT2D eigenvalue weighted by Gasteiger charge is 2.50. The van der Waals surface area contributed by atoms with Gasteiger partial charge in [-0.1, -0.05) is 264 Å². The Morgan fingerprint density at radius 2 is 0.760 bits per heavy atom. The van der Waals surface area contributed by atoms with Gasteiger partial charge in [0.1, 0.15) is 18.8 Å². The molecule has 0 aromatic heterocycles. The number of allylic oxidation sites excluding steroid dienone is 2. The normalized spacial score (nSPS) is 18.1. The zero-order valence-corrected chi connectivity index (χ0v) is 48.6. The summed E-state index contributed by atoms with van der Waals surface area (Å²) in [5.74, 6) is -3.08. The number of carboxylic acids is 1. The van der Waals surface area contributed by atoms with Crippen LogP contribution in [-0.4, -0.2) is 89.2 Å². The fraction of sp³-hybridized carbons (Fsp3) is 0.905. The van der Waals surface area contributed by atoms with Gasteiger partial charge >= 0.3 is 23.9 Å². The summed E-state index contributed by atoms with van der Waals surface area (Å²) in [5, 5.41) is 31.4. The number of ether oxygens (including phenoxy) is 5. The van der Waals surface area contributed by atoms with E-state index >= 15 is 0 Å². The largest absolute Gasteiger partial charge is 0.479 e. The molecule has 0 aliphatic carbocycles. The summed E-state index contributed by atoms with van der Waals surface area (Å²) in [4.78, 5) is 51.1. The van der Waals surface area contributed by atoms with Gasteiger partial charge in [-0.15, -0.1) is 0 Å². The van der Waals surface area contributed by atoms with Crippen LogP contribution in [0.2, 0.25) is 0 Å². The molecule has 1 fully saturated rings. The van der Waals surface area contributed by atoms with Crippen molar-refractivity contribution in [3.8, 4) is 0 Å². The number of aliphatic hydroxyl groups excluding tert-OH is 2. The third kappa shape index (κ3) is 42.1. The maximum Gasteiger partial charge on any atom is 0.335 e. The standard InChI is InChI=1S/C63H116O12/c1-4-7-10-13-16-19-21-23-25-27-28-30-31-33-35-38-40-43-46-49-55(64)71-52-54(73-56(65)50-47-44-42-39-36-34-32-29-26-24-22-20-17-14-11-8-5-2)53-72-63-61(59(68)58(67)60(75-63)62(69)70)74-57(66)51-48-45-41-37-18-15-12-9-6-3/h23,25,54,58-61,63,67-68H,4-22,24,26-53H2,1-3H3,(H,69,70)/b25-23-. The van der Waals surface area contributed by atoms with Gasteiger partial charge in [0.05, 0.1) is 6.61 Å². The number of carbonyl (C=O) groups excluding carboxylic acids is 3. The van der Waals surface area contributed by atoms with Gasteiger partial charge in [0.25, 0.3) is 0 Å². The third-order valence-corrected chi connectivity index (χ3v) is 14.8. The van der Waals surface area contributed by atoms with Crippen LogP contribution in [0.1, 0.15) is 316 Å². The van der Waals surface area contributed by atoms with E-state index in [1.165, 1.54) is 193 Å². The van der Waals surface area contributed by atoms with Crippen LogP contribution >= 0.6 is 0 Å². The predicted octanol–water partition coefficient (Wildman–Crippen LogP) is 16.5. The van der Waals surface area contributed by atoms with Gasteiger partial charge in [-0.3, -0.25) is 14.4 Å². The summed E-state index contributed by atoms with van der Waals surface area (Å²) >= 11 is 0. The Bertz CT molecular complexity index is 1360. The zero-order valence-electron chi connectivity index (χ0n) is 48.6. The molecule has 6 atom stereocenters. The topological polar surface area (TPSA) is 175 Å². The maximum atomic E-state index is 13.2. The molecule has 0 aromatic carbocycles. The van der Waals surface area contributed by atoms with Crippen molar-refractivity contribution in [1.29, 1.82) is 0 Å². The first-order chi connectivity index (χ1) is 36.6. The summed E-state index contributed by atoms with van der Waals surface area (Å²) in [6.07, 6.45) is 46.2. The van der Waals surface area contributed by atoms with Crippen molar-refractivity contribution in [2.75, 3.05) is 13.2 Å². The summed E-state index contributed by atoms with van der Waals surface area (Å²) in [7, 11) is 0. The van der Waals surface area contributed by atoms with E-state index in [-0.39, 0.29) is 25.9 Å². The molecule has 1 aliphatic rings. The molecule has 440 valence electrons. The van der Waals surface area contributed by atoms with E-state index < -0.39 is 67.3 Å². The van der Waals surface area contributed by atoms with Crippen LogP contribution < -0.4 is 0 Å². The van der Waals surface area contributed by atoms with E-state index in [4.69, 9.17) is 23.7 Å². The second-order valence-corrected chi connectivity index (χ2v) is 22.1. The molecule has 12 nitrogen and oxygen atoms in total. The molecule has 1 saturated heterocycles. The van der Waals surface area contributed by atoms with Gasteiger partial charge in [0.2, 0.25) is 0 Å². The molecular weight excluding hydrogens is 949 g/mol. The summed E-state index contributed by atoms with van der Waals surface area (Å²) in [6, 6.07) is 0. The van der Waals surface area contributed by atoms with E-state index in [0.29, 0.717) is 19.3 Å². The van der Waals surface area contributed by atoms with Gasteiger partial charge < -0.3 is 39.0 Å². The van der Waals surface area contributed by atoms with E-state index in [0.717, 1.165) is 64.2 Å². The number of unbranched alkanes of at least 4 members (excludes halogenated alkanes) is 39. The summed E-state index contributed by atoms with van der Waals surface area (Å²) in [5.41, 5.74) is 0. The molecule has 0 aromatic rings. The number of esters is 3. The summed E-state index contributed by atoms with van der Waals surface area (Å²) < 4.78 is 28.5. The lowest BCUT2D eigenvalue weighted by Gasteiger charge is -2.40. The molecular formula is C63H116O12. The fourth-order valence-corrected chi connectivity index (χ4v) is 9.95. The Hall–Kier alpha value is -2.54. The van der Waals surface area contributed by atoms with Gasteiger partial charge in [0.15, 0.2) is 24.6 Å². The number of rotatable bonds is 55. The smallest absolute Gasteiger partial charge is 0.335 e. The molecule has 75 heavy (non-hydrogen) atoms. The quantitative estimate of drug-likeness (QED) is 0.0228. The Balaban J connectivity index is 2.61. The van der Waals surface area contributed by atoms with E-state index in [1.807, 2.05) is 0 Å². The Morgan fingerprint density at radius 3 is 1.13 bits per heavy atom. The first-order valence-electron chi connectivity index (χ1n) is 31.7. The Morgan fingerprint density at radius 1 is 0.427 bits per heavy atom. The molecule has 6 unspecified atom stereocenters. The highest BCUT2D eigenvalue weighted by Crippen LogP contribution is 2.27. The van der Waals surface area contributed by atoms with Crippen molar-refractivity contribution in [1.82, 2.24) is 0 Å². The van der Waals surface area contributed by atoms with Gasteiger partial charge in [0, 0.05) is 19.3 Å². The molecule has 1 rings (SSSR count). The maximum absolute atomic E-state index is 13.2. The number of carbonyl (C=O) groups is 4. The first-order valence-corrected chi connectivity index (χ1v) is 31.7. The average Bonchev–Trinajstić information content (AvgIpc) is 3.39. The number of carboxylic acid groups (broad SMARTS) is 1. The minimum atomic E-state index is -1.89. The molecule has 0 saturated carbocycles. The van der Waals surface area contributed by atoms with E-state index in [9.17, 15) is 34.5 Å². The van der Waals surface area contributed by atoms with Crippen LogP contribution in [-0.2, 0) is 42.9 Å². The van der Waals surface area contributed by atoms with Crippen LogP contribution in [0, 0.1) is 0 Å². The first kappa shape index (κ1) is 70.5. The summed E-state index contributed by atoms with van der Waals surface area (Å²) in [6.45, 7) is 6.01. The van der Waals surface area contributed by atoms with Crippen LogP contribution in [0.4, 0.5) is 0 Å². The molecule has 0 amide bonds. The van der Waals surface area contributed by atoms with Crippen molar-refractivity contribution in [3.05, 3.63) is 12.2 Å². The minimum absolute atomic E-state index is 0.0670. The number of aliphatic carboxylic acids is 1. The lowest BCUT2D eigenvalue weighted by atomic mass is 9.98. The van der Waals surface area contributed by atoms with Crippen molar-refractivity contribution in [2.45, 2.75) is 353 Å². The average molecular weight is 1070 g/mol. The molecule has 0 bridgehead atoms. The van der Waals surface area contributed by atoms with Crippen molar-refractivity contribution < 1.29 is 58.2 Å². The fourth-order valence-electron chi connectivity index (χ4n) is 9.95. The SMILES string of the molecule is CCCCCCCC/C=C\CCCCCCCCCCCC(=O)OCC(COC1OC(C(=O)O)C(O)C(O)C1OC(=O)CCCCCCCCCCC)OC(=O)CCCCCCCCCCCCCCCCCCC. The van der Waals surface area contributed by atoms with Gasteiger partial charge in [-0.2, -0.15) is 0 Å². The molecule has 0 radical (unpaired) electrons. The number of hydrogen-bond donors (Lipinski definition) is 3. The third-order valence-electron chi connectivity index (χ3n) is 14.8. The van der Waals surface area contributed by atoms with E-state index in [1.54, 1.807) is 0 Å². The zero-order chi connectivity index (χ0) is 54.7. The van der Waals surface area contributed by atoms with Gasteiger partial charge in [-0.25, -0.2) is 4.79 Å². The molecule has 1 aliphatic heterocycles. The van der Waals surface area contributed by atoms with Crippen molar-refractivity contribution in [3.63, 3.8) is 0 Å². The molecule has 12 heteroatoms. The molecule has 1 heterocycles. The monoisotopic (exact) mass is 1060 g/mol. The number of hydrogen-bond acceptors (Lipinski definition) is 11. The van der Waals surface area contributed by atoms with E-state index in [2.05, 4.69) is 32.9 Å². The van der Waals surface area contributed by atoms with Crippen LogP contribution in [0.5, 0.6) is 0 Å². The van der Waals surface area contributed by atoms with Crippen LogP contribution in [0.3, 0.4) is 0 Å². The Kier molecular flexibility index (Phi) is 49.0. The lowest BCUT2D eigenvalue weighted by molar-refractivity contribution is -0.301. The second-order valence-electron chi connectivity index (χ2n) is 22.1. The predicted molar refractivity (Wildman–Crippen MR) is 304 cm³/mol. The lowest BCUT2D eigenvalue weighted by Crippen LogP contribution is -2.61. The second kappa shape index (κ2) is 52.2. The van der Waals surface area contributed by atoms with Crippen molar-refractivity contribution >= 4 is 23.9 Å². The van der Waals surface area contributed by atoms with Gasteiger partial charge in [-0.05, 0) is 44.9 Å². The van der Waals surface area contributed by atoms with Crippen molar-refractivity contribution in [2.24, 2.45) is 0 Å². The highest BCUT2D eigenvalue weighted by molar-refractivity contribution is 5.74. The Labute approximate surface area is 458 Å². The number of aliphatic hydroxyl groups is 2. The minimum Gasteiger partial charge on any atom is -0.479 e. The molecule has 3 N–H and O–H groups in total.